The molecule has 1 atom stereocenters. The topological polar surface area (TPSA) is 26.0 Å². The monoisotopic (exact) mass is 251 g/mol. The van der Waals surface area contributed by atoms with Crippen LogP contribution < -0.4 is 5.73 Å². The van der Waals surface area contributed by atoms with Crippen molar-refractivity contribution in [3.63, 3.8) is 0 Å². The van der Waals surface area contributed by atoms with Gasteiger partial charge in [0.25, 0.3) is 0 Å². The molecular formula is C18H21N. The Kier molecular flexibility index (Phi) is 3.16. The third kappa shape index (κ3) is 2.43. The third-order valence-electron chi connectivity index (χ3n) is 4.08. The summed E-state index contributed by atoms with van der Waals surface area (Å²) >= 11 is 0. The quantitative estimate of drug-likeness (QED) is 0.862. The lowest BCUT2D eigenvalue weighted by molar-refractivity contribution is 0.863. The first-order valence-corrected chi connectivity index (χ1v) is 7.09. The zero-order valence-electron chi connectivity index (χ0n) is 11.7. The van der Waals surface area contributed by atoms with Gasteiger partial charge >= 0.3 is 0 Å². The first kappa shape index (κ1) is 12.4. The minimum Gasteiger partial charge on any atom is -0.320 e. The second kappa shape index (κ2) is 4.82. The molecule has 0 heterocycles. The lowest BCUT2D eigenvalue weighted by Gasteiger charge is -2.15. The summed E-state index contributed by atoms with van der Waals surface area (Å²) in [6.07, 6.45) is 3.73. The fourth-order valence-electron chi connectivity index (χ4n) is 3.17. The SMILES string of the molecule is Cc1cc(C)cc(C(N)c2ccc3c(c2)CCC3)c1. The van der Waals surface area contributed by atoms with Gasteiger partial charge in [0.1, 0.15) is 0 Å². The standard InChI is InChI=1S/C18H21N/c1-12-8-13(2)10-17(9-12)18(19)16-7-6-14-4-3-5-15(14)11-16/h6-11,18H,3-5,19H2,1-2H3. The van der Waals surface area contributed by atoms with Crippen LogP contribution in [0.1, 0.15) is 45.8 Å². The van der Waals surface area contributed by atoms with Gasteiger partial charge in [0.2, 0.25) is 0 Å². The molecule has 0 bridgehead atoms. The van der Waals surface area contributed by atoms with Crippen molar-refractivity contribution in [2.45, 2.75) is 39.2 Å². The molecule has 0 aliphatic heterocycles. The molecule has 1 nitrogen and oxygen atoms in total. The smallest absolute Gasteiger partial charge is 0.0551 e. The van der Waals surface area contributed by atoms with Crippen LogP contribution in [0.5, 0.6) is 0 Å². The largest absolute Gasteiger partial charge is 0.320 e. The minimum absolute atomic E-state index is 0.00972. The Morgan fingerprint density at radius 1 is 0.842 bits per heavy atom. The fourth-order valence-corrected chi connectivity index (χ4v) is 3.17. The van der Waals surface area contributed by atoms with Gasteiger partial charge in [-0.05, 0) is 55.4 Å². The van der Waals surface area contributed by atoms with E-state index in [0.717, 1.165) is 0 Å². The number of hydrogen-bond donors (Lipinski definition) is 1. The number of hydrogen-bond acceptors (Lipinski definition) is 1. The number of fused-ring (bicyclic) bond motifs is 1. The summed E-state index contributed by atoms with van der Waals surface area (Å²) in [7, 11) is 0. The summed E-state index contributed by atoms with van der Waals surface area (Å²) in [5.41, 5.74) is 14.5. The van der Waals surface area contributed by atoms with Crippen LogP contribution in [0.3, 0.4) is 0 Å². The molecule has 98 valence electrons. The average molecular weight is 251 g/mol. The molecule has 1 aliphatic rings. The van der Waals surface area contributed by atoms with Crippen molar-refractivity contribution in [3.05, 3.63) is 69.8 Å². The van der Waals surface area contributed by atoms with Crippen LogP contribution in [-0.2, 0) is 12.8 Å². The molecule has 1 unspecified atom stereocenters. The van der Waals surface area contributed by atoms with Gasteiger partial charge in [-0.2, -0.15) is 0 Å². The highest BCUT2D eigenvalue weighted by molar-refractivity contribution is 5.41. The highest BCUT2D eigenvalue weighted by Crippen LogP contribution is 2.28. The second-order valence-electron chi connectivity index (χ2n) is 5.78. The van der Waals surface area contributed by atoms with Crippen molar-refractivity contribution in [1.82, 2.24) is 0 Å². The number of nitrogens with two attached hydrogens (primary N) is 1. The van der Waals surface area contributed by atoms with Crippen molar-refractivity contribution < 1.29 is 0 Å². The zero-order chi connectivity index (χ0) is 13.4. The Morgan fingerprint density at radius 2 is 1.53 bits per heavy atom. The number of rotatable bonds is 2. The van der Waals surface area contributed by atoms with E-state index in [-0.39, 0.29) is 6.04 Å². The molecule has 0 amide bonds. The predicted molar refractivity (Wildman–Crippen MR) is 80.4 cm³/mol. The summed E-state index contributed by atoms with van der Waals surface area (Å²) < 4.78 is 0. The van der Waals surface area contributed by atoms with Crippen LogP contribution in [0.4, 0.5) is 0 Å². The highest BCUT2D eigenvalue weighted by Gasteiger charge is 2.15. The first-order valence-electron chi connectivity index (χ1n) is 7.09. The van der Waals surface area contributed by atoms with Crippen molar-refractivity contribution in [3.8, 4) is 0 Å². The van der Waals surface area contributed by atoms with E-state index in [1.54, 1.807) is 0 Å². The summed E-state index contributed by atoms with van der Waals surface area (Å²) in [4.78, 5) is 0. The van der Waals surface area contributed by atoms with Gasteiger partial charge in [-0.1, -0.05) is 47.5 Å². The van der Waals surface area contributed by atoms with E-state index in [1.165, 1.54) is 52.6 Å². The molecule has 0 aromatic heterocycles. The van der Waals surface area contributed by atoms with E-state index in [0.29, 0.717) is 0 Å². The summed E-state index contributed by atoms with van der Waals surface area (Å²) in [5.74, 6) is 0. The van der Waals surface area contributed by atoms with Gasteiger partial charge in [0, 0.05) is 0 Å². The van der Waals surface area contributed by atoms with Crippen LogP contribution in [0, 0.1) is 13.8 Å². The third-order valence-corrected chi connectivity index (χ3v) is 4.08. The van der Waals surface area contributed by atoms with Gasteiger partial charge in [0.15, 0.2) is 0 Å². The van der Waals surface area contributed by atoms with Crippen molar-refractivity contribution >= 4 is 0 Å². The molecule has 0 spiro atoms. The van der Waals surface area contributed by atoms with E-state index in [9.17, 15) is 0 Å². The van der Waals surface area contributed by atoms with Crippen LogP contribution in [-0.4, -0.2) is 0 Å². The molecule has 2 aromatic rings. The number of benzene rings is 2. The Bertz CT molecular complexity index is 593. The van der Waals surface area contributed by atoms with Crippen LogP contribution in [0.25, 0.3) is 0 Å². The van der Waals surface area contributed by atoms with E-state index in [2.05, 4.69) is 50.2 Å². The maximum atomic E-state index is 6.45. The molecule has 0 saturated heterocycles. The molecule has 0 saturated carbocycles. The van der Waals surface area contributed by atoms with Crippen molar-refractivity contribution in [1.29, 1.82) is 0 Å². The van der Waals surface area contributed by atoms with Gasteiger partial charge in [-0.25, -0.2) is 0 Å². The van der Waals surface area contributed by atoms with Crippen LogP contribution >= 0.6 is 0 Å². The van der Waals surface area contributed by atoms with E-state index in [1.807, 2.05) is 0 Å². The highest BCUT2D eigenvalue weighted by atomic mass is 14.6. The molecule has 0 radical (unpaired) electrons. The Labute approximate surface area is 115 Å². The van der Waals surface area contributed by atoms with Crippen molar-refractivity contribution in [2.24, 2.45) is 5.73 Å². The predicted octanol–water partition coefficient (Wildman–Crippen LogP) is 3.84. The maximum Gasteiger partial charge on any atom is 0.0551 e. The molecular weight excluding hydrogens is 230 g/mol. The summed E-state index contributed by atoms with van der Waals surface area (Å²) in [6, 6.07) is 13.4. The molecule has 2 aromatic carbocycles. The molecule has 2 N–H and O–H groups in total. The molecule has 3 rings (SSSR count). The molecule has 1 aliphatic carbocycles. The Morgan fingerprint density at radius 3 is 2.26 bits per heavy atom. The Hall–Kier alpha value is -1.60. The fraction of sp³-hybridized carbons (Fsp3) is 0.333. The lowest BCUT2D eigenvalue weighted by atomic mass is 9.94. The van der Waals surface area contributed by atoms with Gasteiger partial charge in [0.05, 0.1) is 6.04 Å². The van der Waals surface area contributed by atoms with E-state index in [4.69, 9.17) is 5.73 Å². The van der Waals surface area contributed by atoms with Gasteiger partial charge in [-0.15, -0.1) is 0 Å². The van der Waals surface area contributed by atoms with Crippen LogP contribution in [0.2, 0.25) is 0 Å². The summed E-state index contributed by atoms with van der Waals surface area (Å²) in [6.45, 7) is 4.26. The maximum absolute atomic E-state index is 6.45. The van der Waals surface area contributed by atoms with Crippen molar-refractivity contribution in [2.75, 3.05) is 0 Å². The molecule has 0 fully saturated rings. The number of aryl methyl sites for hydroxylation is 4. The molecule has 1 heteroatoms. The minimum atomic E-state index is -0.00972. The normalized spacial score (nSPS) is 15.3. The van der Waals surface area contributed by atoms with E-state index < -0.39 is 0 Å². The van der Waals surface area contributed by atoms with Gasteiger partial charge < -0.3 is 5.73 Å². The Balaban J connectivity index is 1.97. The average Bonchev–Trinajstić information content (AvgIpc) is 2.83. The second-order valence-corrected chi connectivity index (χ2v) is 5.78. The van der Waals surface area contributed by atoms with E-state index >= 15 is 0 Å². The summed E-state index contributed by atoms with van der Waals surface area (Å²) in [5, 5.41) is 0. The van der Waals surface area contributed by atoms with Crippen LogP contribution in [0.15, 0.2) is 36.4 Å². The van der Waals surface area contributed by atoms with Gasteiger partial charge in [-0.3, -0.25) is 0 Å². The zero-order valence-corrected chi connectivity index (χ0v) is 11.7. The lowest BCUT2D eigenvalue weighted by Crippen LogP contribution is -2.12. The molecule has 19 heavy (non-hydrogen) atoms. The first-order chi connectivity index (χ1) is 9.13.